The van der Waals surface area contributed by atoms with E-state index in [1.807, 2.05) is 30.3 Å². The molecule has 0 fully saturated rings. The van der Waals surface area contributed by atoms with Gasteiger partial charge >= 0.3 is 12.0 Å². The number of urea groups is 1. The monoisotopic (exact) mass is 320 g/mol. The van der Waals surface area contributed by atoms with Crippen LogP contribution in [0.4, 0.5) is 9.18 Å². The van der Waals surface area contributed by atoms with Gasteiger partial charge in [-0.25, -0.2) is 9.18 Å². The summed E-state index contributed by atoms with van der Waals surface area (Å²) in [5.74, 6) is -1.21. The van der Waals surface area contributed by atoms with Gasteiger partial charge in [-0.15, -0.1) is 0 Å². The van der Waals surface area contributed by atoms with Crippen LogP contribution in [0.15, 0.2) is 42.2 Å². The molecule has 0 spiro atoms. The Balaban J connectivity index is 1.97. The maximum absolute atomic E-state index is 13.3. The molecule has 0 saturated carbocycles. The zero-order valence-corrected chi connectivity index (χ0v) is 12.9. The average Bonchev–Trinajstić information content (AvgIpc) is 2.53. The number of carbonyl (C=O) groups excluding carboxylic acids is 1. The maximum Gasteiger partial charge on any atom is 0.318 e. The summed E-state index contributed by atoms with van der Waals surface area (Å²) in [5.41, 5.74) is 1.02. The first-order valence-electron chi connectivity index (χ1n) is 7.70. The Morgan fingerprint density at radius 2 is 2.04 bits per heavy atom. The van der Waals surface area contributed by atoms with Crippen molar-refractivity contribution in [3.05, 3.63) is 47.8 Å². The molecule has 1 aliphatic rings. The minimum atomic E-state index is -0.899. The number of hydrogen-bond donors (Lipinski definition) is 2. The molecule has 23 heavy (non-hydrogen) atoms. The highest BCUT2D eigenvalue weighted by atomic mass is 19.1. The fraction of sp³-hybridized carbons (Fsp3) is 0.412. The van der Waals surface area contributed by atoms with Crippen molar-refractivity contribution in [2.24, 2.45) is 0 Å². The highest BCUT2D eigenvalue weighted by molar-refractivity contribution is 5.75. The van der Waals surface area contributed by atoms with Gasteiger partial charge in [0.2, 0.25) is 0 Å². The van der Waals surface area contributed by atoms with Crippen molar-refractivity contribution >= 4 is 12.0 Å². The van der Waals surface area contributed by atoms with E-state index in [0.29, 0.717) is 25.8 Å². The lowest BCUT2D eigenvalue weighted by molar-refractivity contribution is -0.137. The minimum absolute atomic E-state index is 0.0218. The molecule has 1 aliphatic heterocycles. The molecule has 1 aromatic rings. The summed E-state index contributed by atoms with van der Waals surface area (Å²) < 4.78 is 13.3. The molecular formula is C17H21FN2O3. The molecule has 124 valence electrons. The quantitative estimate of drug-likeness (QED) is 0.847. The first kappa shape index (κ1) is 17.0. The molecule has 1 unspecified atom stereocenters. The van der Waals surface area contributed by atoms with E-state index >= 15 is 0 Å². The van der Waals surface area contributed by atoms with Gasteiger partial charge in [0.15, 0.2) is 0 Å². The number of hydrogen-bond acceptors (Lipinski definition) is 2. The summed E-state index contributed by atoms with van der Waals surface area (Å²) in [6, 6.07) is 8.92. The van der Waals surface area contributed by atoms with Crippen LogP contribution in [0.5, 0.6) is 0 Å². The lowest BCUT2D eigenvalue weighted by Crippen LogP contribution is -2.47. The smallest absolute Gasteiger partial charge is 0.318 e. The van der Waals surface area contributed by atoms with Crippen LogP contribution in [0.25, 0.3) is 0 Å². The number of nitrogens with zero attached hydrogens (tertiary/aromatic N) is 1. The number of carboxylic acid groups (broad SMARTS) is 1. The second-order valence-corrected chi connectivity index (χ2v) is 5.63. The standard InChI is InChI=1S/C17H21FN2O3/c18-14-7-4-10-20(12-14)17(23)19-15(8-9-16(21)22)11-13-5-2-1-3-6-13/h1-3,5-7,15H,4,8-12H2,(H,19,23)(H,21,22). The normalized spacial score (nSPS) is 15.7. The van der Waals surface area contributed by atoms with Gasteiger partial charge in [0.05, 0.1) is 6.54 Å². The van der Waals surface area contributed by atoms with Gasteiger partial charge in [0.25, 0.3) is 0 Å². The second kappa shape index (κ2) is 8.31. The molecule has 0 aromatic heterocycles. The number of carboxylic acids is 1. The zero-order chi connectivity index (χ0) is 16.7. The third-order valence-corrected chi connectivity index (χ3v) is 3.75. The van der Waals surface area contributed by atoms with Crippen LogP contribution in [0.2, 0.25) is 0 Å². The summed E-state index contributed by atoms with van der Waals surface area (Å²) in [4.78, 5) is 24.5. The Morgan fingerprint density at radius 3 is 2.70 bits per heavy atom. The zero-order valence-electron chi connectivity index (χ0n) is 12.9. The van der Waals surface area contributed by atoms with Gasteiger partial charge in [0, 0.05) is 19.0 Å². The molecule has 0 saturated heterocycles. The SMILES string of the molecule is O=C(O)CCC(Cc1ccccc1)NC(=O)N1CCC=C(F)C1. The number of aliphatic carboxylic acids is 1. The molecule has 6 heteroatoms. The van der Waals surface area contributed by atoms with Gasteiger partial charge in [-0.05, 0) is 30.9 Å². The molecule has 0 bridgehead atoms. The van der Waals surface area contributed by atoms with Crippen molar-refractivity contribution in [2.75, 3.05) is 13.1 Å². The summed E-state index contributed by atoms with van der Waals surface area (Å²) in [5, 5.41) is 11.7. The topological polar surface area (TPSA) is 69.6 Å². The number of amides is 2. The molecular weight excluding hydrogens is 299 g/mol. The van der Waals surface area contributed by atoms with Gasteiger partial charge in [0.1, 0.15) is 5.83 Å². The van der Waals surface area contributed by atoms with Crippen LogP contribution >= 0.6 is 0 Å². The van der Waals surface area contributed by atoms with Gasteiger partial charge < -0.3 is 15.3 Å². The van der Waals surface area contributed by atoms with E-state index < -0.39 is 5.97 Å². The predicted molar refractivity (Wildman–Crippen MR) is 84.7 cm³/mol. The van der Waals surface area contributed by atoms with Crippen molar-refractivity contribution in [2.45, 2.75) is 31.7 Å². The first-order valence-corrected chi connectivity index (χ1v) is 7.70. The van der Waals surface area contributed by atoms with E-state index in [2.05, 4.69) is 5.32 Å². The third kappa shape index (κ3) is 5.73. The molecule has 0 aliphatic carbocycles. The van der Waals surface area contributed by atoms with Crippen LogP contribution in [0.1, 0.15) is 24.8 Å². The van der Waals surface area contributed by atoms with Gasteiger partial charge in [-0.1, -0.05) is 30.3 Å². The highest BCUT2D eigenvalue weighted by Crippen LogP contribution is 2.12. The lowest BCUT2D eigenvalue weighted by Gasteiger charge is -2.27. The number of benzene rings is 1. The number of nitrogens with one attached hydrogen (secondary N) is 1. The third-order valence-electron chi connectivity index (χ3n) is 3.75. The van der Waals surface area contributed by atoms with Gasteiger partial charge in [-0.3, -0.25) is 4.79 Å². The van der Waals surface area contributed by atoms with Crippen molar-refractivity contribution in [1.29, 1.82) is 0 Å². The molecule has 1 heterocycles. The van der Waals surface area contributed by atoms with Crippen LogP contribution in [-0.4, -0.2) is 41.1 Å². The molecule has 2 rings (SSSR count). The van der Waals surface area contributed by atoms with Crippen LogP contribution in [0, 0.1) is 0 Å². The Labute approximate surface area is 134 Å². The van der Waals surface area contributed by atoms with Crippen LogP contribution < -0.4 is 5.32 Å². The fourth-order valence-electron chi connectivity index (χ4n) is 2.56. The minimum Gasteiger partial charge on any atom is -0.481 e. The van der Waals surface area contributed by atoms with Crippen LogP contribution in [-0.2, 0) is 11.2 Å². The molecule has 1 aromatic carbocycles. The summed E-state index contributed by atoms with van der Waals surface area (Å²) in [7, 11) is 0. The molecule has 2 N–H and O–H groups in total. The Morgan fingerprint density at radius 1 is 1.30 bits per heavy atom. The maximum atomic E-state index is 13.3. The number of halogens is 1. The van der Waals surface area contributed by atoms with E-state index in [1.54, 1.807) is 0 Å². The van der Waals surface area contributed by atoms with Gasteiger partial charge in [-0.2, -0.15) is 0 Å². The largest absolute Gasteiger partial charge is 0.481 e. The molecule has 2 amide bonds. The molecule has 1 atom stereocenters. The Kier molecular flexibility index (Phi) is 6.14. The summed E-state index contributed by atoms with van der Waals surface area (Å²) in [6.45, 7) is 0.444. The van der Waals surface area contributed by atoms with Crippen molar-refractivity contribution in [3.8, 4) is 0 Å². The summed E-state index contributed by atoms with van der Waals surface area (Å²) in [6.07, 6.45) is 2.84. The lowest BCUT2D eigenvalue weighted by atomic mass is 10.0. The molecule has 5 nitrogen and oxygen atoms in total. The van der Waals surface area contributed by atoms with E-state index in [-0.39, 0.29) is 30.9 Å². The highest BCUT2D eigenvalue weighted by Gasteiger charge is 2.21. The van der Waals surface area contributed by atoms with E-state index in [0.717, 1.165) is 5.56 Å². The second-order valence-electron chi connectivity index (χ2n) is 5.63. The van der Waals surface area contributed by atoms with Crippen LogP contribution in [0.3, 0.4) is 0 Å². The van der Waals surface area contributed by atoms with Crippen molar-refractivity contribution < 1.29 is 19.1 Å². The van der Waals surface area contributed by atoms with Crippen molar-refractivity contribution in [3.63, 3.8) is 0 Å². The summed E-state index contributed by atoms with van der Waals surface area (Å²) >= 11 is 0. The molecule has 0 radical (unpaired) electrons. The van der Waals surface area contributed by atoms with E-state index in [1.165, 1.54) is 11.0 Å². The van der Waals surface area contributed by atoms with E-state index in [9.17, 15) is 14.0 Å². The Hall–Kier alpha value is -2.37. The van der Waals surface area contributed by atoms with E-state index in [4.69, 9.17) is 5.11 Å². The fourth-order valence-corrected chi connectivity index (χ4v) is 2.56. The number of rotatable bonds is 6. The number of carbonyl (C=O) groups is 2. The predicted octanol–water partition coefficient (Wildman–Crippen LogP) is 2.73. The first-order chi connectivity index (χ1) is 11.0. The average molecular weight is 320 g/mol. The Bertz CT molecular complexity index is 574. The van der Waals surface area contributed by atoms with Crippen molar-refractivity contribution in [1.82, 2.24) is 10.2 Å².